The summed E-state index contributed by atoms with van der Waals surface area (Å²) in [6.45, 7) is 1.63. The van der Waals surface area contributed by atoms with Crippen LogP contribution in [0.3, 0.4) is 0 Å². The molecular formula is C20H23NO3S. The van der Waals surface area contributed by atoms with E-state index >= 15 is 0 Å². The Morgan fingerprint density at radius 3 is 2.48 bits per heavy atom. The van der Waals surface area contributed by atoms with E-state index in [1.165, 1.54) is 49.0 Å². The number of ether oxygens (including phenoxy) is 1. The maximum atomic E-state index is 12.2. The number of carbonyl (C=O) groups excluding carboxylic acids is 2. The van der Waals surface area contributed by atoms with Crippen LogP contribution in [0.2, 0.25) is 0 Å². The predicted octanol–water partition coefficient (Wildman–Crippen LogP) is 4.52. The van der Waals surface area contributed by atoms with Gasteiger partial charge in [0.15, 0.2) is 0 Å². The van der Waals surface area contributed by atoms with Crippen LogP contribution in [0.1, 0.15) is 60.2 Å². The smallest absolute Gasteiger partial charge is 0.333 e. The Hall–Kier alpha value is -2.14. The summed E-state index contributed by atoms with van der Waals surface area (Å²) in [5, 5.41) is 4.49. The Morgan fingerprint density at radius 1 is 1.12 bits per heavy atom. The number of thiophene rings is 1. The minimum Gasteiger partial charge on any atom is -0.425 e. The van der Waals surface area contributed by atoms with E-state index in [2.05, 4.69) is 5.32 Å². The Balaban J connectivity index is 1.54. The van der Waals surface area contributed by atoms with Gasteiger partial charge in [0, 0.05) is 0 Å². The number of esters is 1. The second-order valence-electron chi connectivity index (χ2n) is 6.50. The van der Waals surface area contributed by atoms with E-state index in [0.717, 1.165) is 0 Å². The van der Waals surface area contributed by atoms with Crippen LogP contribution in [-0.2, 0) is 4.79 Å². The number of carbonyl (C=O) groups is 2. The number of hydrogen-bond acceptors (Lipinski definition) is 4. The lowest BCUT2D eigenvalue weighted by Gasteiger charge is -2.22. The molecule has 1 N–H and O–H groups in total. The quantitative estimate of drug-likeness (QED) is 0.632. The lowest BCUT2D eigenvalue weighted by Crippen LogP contribution is -2.40. The molecule has 0 bridgehead atoms. The molecule has 1 amide bonds. The van der Waals surface area contributed by atoms with Gasteiger partial charge in [-0.3, -0.25) is 4.79 Å². The van der Waals surface area contributed by atoms with Crippen molar-refractivity contribution in [2.24, 2.45) is 0 Å². The second-order valence-corrected chi connectivity index (χ2v) is 7.45. The van der Waals surface area contributed by atoms with Crippen molar-refractivity contribution in [3.8, 4) is 5.75 Å². The molecule has 5 heteroatoms. The Morgan fingerprint density at radius 2 is 1.84 bits per heavy atom. The fourth-order valence-electron chi connectivity index (χ4n) is 3.18. The minimum atomic E-state index is -0.701. The van der Waals surface area contributed by atoms with Gasteiger partial charge < -0.3 is 10.1 Å². The molecule has 1 aromatic heterocycles. The van der Waals surface area contributed by atoms with Crippen molar-refractivity contribution < 1.29 is 14.3 Å². The van der Waals surface area contributed by atoms with Crippen LogP contribution in [0.15, 0.2) is 41.8 Å². The summed E-state index contributed by atoms with van der Waals surface area (Å²) >= 11 is 1.34. The lowest BCUT2D eigenvalue weighted by molar-refractivity contribution is -0.136. The Labute approximate surface area is 152 Å². The van der Waals surface area contributed by atoms with Crippen molar-refractivity contribution in [1.82, 2.24) is 5.32 Å². The van der Waals surface area contributed by atoms with Crippen LogP contribution < -0.4 is 10.1 Å². The highest BCUT2D eigenvalue weighted by molar-refractivity contribution is 7.12. The van der Waals surface area contributed by atoms with E-state index in [1.807, 2.05) is 29.6 Å². The molecule has 1 heterocycles. The van der Waals surface area contributed by atoms with Gasteiger partial charge in [0.1, 0.15) is 11.8 Å². The molecular weight excluding hydrogens is 334 g/mol. The number of amides is 1. The topological polar surface area (TPSA) is 55.4 Å². The fourth-order valence-corrected chi connectivity index (χ4v) is 3.81. The van der Waals surface area contributed by atoms with Crippen molar-refractivity contribution in [2.75, 3.05) is 0 Å². The molecule has 0 saturated heterocycles. The van der Waals surface area contributed by atoms with Crippen molar-refractivity contribution in [1.29, 1.82) is 0 Å². The highest BCUT2D eigenvalue weighted by atomic mass is 32.1. The van der Waals surface area contributed by atoms with E-state index in [9.17, 15) is 9.59 Å². The molecule has 25 heavy (non-hydrogen) atoms. The first kappa shape index (κ1) is 17.7. The summed E-state index contributed by atoms with van der Waals surface area (Å²) in [6, 6.07) is 10.6. The number of nitrogens with one attached hydrogen (secondary N) is 1. The molecule has 1 fully saturated rings. The van der Waals surface area contributed by atoms with Gasteiger partial charge >= 0.3 is 5.97 Å². The van der Waals surface area contributed by atoms with Gasteiger partial charge in [-0.1, -0.05) is 37.5 Å². The first-order valence-corrected chi connectivity index (χ1v) is 9.67. The summed E-state index contributed by atoms with van der Waals surface area (Å²) in [6.07, 6.45) is 6.41. The van der Waals surface area contributed by atoms with Crippen LogP contribution >= 0.6 is 11.3 Å². The molecule has 132 valence electrons. The highest BCUT2D eigenvalue weighted by Crippen LogP contribution is 2.33. The molecule has 0 aliphatic heterocycles. The zero-order valence-electron chi connectivity index (χ0n) is 14.4. The fraction of sp³-hybridized carbons (Fsp3) is 0.400. The van der Waals surface area contributed by atoms with Gasteiger partial charge in [-0.05, 0) is 54.8 Å². The molecule has 1 aromatic carbocycles. The van der Waals surface area contributed by atoms with Crippen molar-refractivity contribution in [3.63, 3.8) is 0 Å². The van der Waals surface area contributed by atoms with E-state index in [0.29, 0.717) is 16.5 Å². The summed E-state index contributed by atoms with van der Waals surface area (Å²) < 4.78 is 5.39. The highest BCUT2D eigenvalue weighted by Gasteiger charge is 2.20. The third-order valence-corrected chi connectivity index (χ3v) is 5.49. The summed E-state index contributed by atoms with van der Waals surface area (Å²) in [5.41, 5.74) is 1.32. The molecule has 0 radical (unpaired) electrons. The van der Waals surface area contributed by atoms with Gasteiger partial charge in [-0.25, -0.2) is 4.79 Å². The van der Waals surface area contributed by atoms with Gasteiger partial charge in [0.2, 0.25) is 0 Å². The molecule has 0 spiro atoms. The first-order chi connectivity index (χ1) is 12.1. The van der Waals surface area contributed by atoms with Crippen LogP contribution in [0.5, 0.6) is 5.75 Å². The molecule has 1 unspecified atom stereocenters. The Kier molecular flexibility index (Phi) is 5.87. The van der Waals surface area contributed by atoms with Gasteiger partial charge in [-0.2, -0.15) is 0 Å². The number of hydrogen-bond donors (Lipinski definition) is 1. The molecule has 1 aliphatic carbocycles. The summed E-state index contributed by atoms with van der Waals surface area (Å²) in [5.74, 6) is 0.423. The average Bonchev–Trinajstić information content (AvgIpc) is 3.18. The maximum Gasteiger partial charge on any atom is 0.333 e. The molecule has 1 saturated carbocycles. The van der Waals surface area contributed by atoms with Gasteiger partial charge in [0.25, 0.3) is 5.91 Å². The number of benzene rings is 1. The van der Waals surface area contributed by atoms with Gasteiger partial charge in [0.05, 0.1) is 4.88 Å². The third kappa shape index (κ3) is 4.69. The monoisotopic (exact) mass is 357 g/mol. The normalized spacial score (nSPS) is 16.2. The molecule has 2 aromatic rings. The standard InChI is InChI=1S/C20H23NO3S/c1-14(21-19(22)18-8-5-13-25-18)20(23)24-17-11-9-16(10-12-17)15-6-3-2-4-7-15/h5,8-15H,2-4,6-7H2,1H3,(H,21,22). The first-order valence-electron chi connectivity index (χ1n) is 8.79. The molecule has 1 atom stereocenters. The SMILES string of the molecule is CC(NC(=O)c1cccs1)C(=O)Oc1ccc(C2CCCCC2)cc1. The van der Waals surface area contributed by atoms with Crippen molar-refractivity contribution in [2.45, 2.75) is 51.0 Å². The lowest BCUT2D eigenvalue weighted by atomic mass is 9.84. The summed E-state index contributed by atoms with van der Waals surface area (Å²) in [7, 11) is 0. The average molecular weight is 357 g/mol. The number of rotatable bonds is 5. The third-order valence-electron chi connectivity index (χ3n) is 4.62. The van der Waals surface area contributed by atoms with Gasteiger partial charge in [-0.15, -0.1) is 11.3 Å². The minimum absolute atomic E-state index is 0.257. The van der Waals surface area contributed by atoms with E-state index < -0.39 is 12.0 Å². The van der Waals surface area contributed by atoms with E-state index in [1.54, 1.807) is 19.1 Å². The van der Waals surface area contributed by atoms with Crippen LogP contribution in [0.4, 0.5) is 0 Å². The van der Waals surface area contributed by atoms with Crippen LogP contribution in [-0.4, -0.2) is 17.9 Å². The summed E-state index contributed by atoms with van der Waals surface area (Å²) in [4.78, 5) is 24.7. The second kappa shape index (κ2) is 8.30. The molecule has 4 nitrogen and oxygen atoms in total. The van der Waals surface area contributed by atoms with Crippen molar-refractivity contribution >= 4 is 23.2 Å². The Bertz CT molecular complexity index is 703. The predicted molar refractivity (Wildman–Crippen MR) is 99.2 cm³/mol. The molecule has 1 aliphatic rings. The van der Waals surface area contributed by atoms with E-state index in [4.69, 9.17) is 4.74 Å². The zero-order chi connectivity index (χ0) is 17.6. The maximum absolute atomic E-state index is 12.2. The largest absolute Gasteiger partial charge is 0.425 e. The van der Waals surface area contributed by atoms with Crippen molar-refractivity contribution in [3.05, 3.63) is 52.2 Å². The van der Waals surface area contributed by atoms with Crippen LogP contribution in [0, 0.1) is 0 Å². The zero-order valence-corrected chi connectivity index (χ0v) is 15.2. The van der Waals surface area contributed by atoms with Crippen LogP contribution in [0.25, 0.3) is 0 Å². The molecule has 3 rings (SSSR count). The van der Waals surface area contributed by atoms with E-state index in [-0.39, 0.29) is 5.91 Å².